The molecular formula is C16H20N6O2. The maximum Gasteiger partial charge on any atom is 0.353 e. The third-order valence-corrected chi connectivity index (χ3v) is 4.10. The zero-order valence-corrected chi connectivity index (χ0v) is 13.4. The van der Waals surface area contributed by atoms with Gasteiger partial charge < -0.3 is 10.2 Å². The van der Waals surface area contributed by atoms with E-state index in [1.807, 2.05) is 17.0 Å². The molecule has 2 aromatic heterocycles. The Morgan fingerprint density at radius 3 is 2.62 bits per heavy atom. The van der Waals surface area contributed by atoms with Crippen molar-refractivity contribution >= 4 is 17.3 Å². The van der Waals surface area contributed by atoms with Crippen LogP contribution < -0.4 is 10.2 Å². The molecule has 1 fully saturated rings. The maximum atomic E-state index is 11.6. The van der Waals surface area contributed by atoms with Crippen LogP contribution in [-0.4, -0.2) is 39.5 Å². The van der Waals surface area contributed by atoms with Crippen LogP contribution >= 0.6 is 0 Å². The van der Waals surface area contributed by atoms with Crippen molar-refractivity contribution in [3.63, 3.8) is 0 Å². The largest absolute Gasteiger partial charge is 0.364 e. The predicted octanol–water partition coefficient (Wildman–Crippen LogP) is 2.42. The van der Waals surface area contributed by atoms with Gasteiger partial charge in [0.2, 0.25) is 11.6 Å². The Morgan fingerprint density at radius 1 is 1.17 bits per heavy atom. The van der Waals surface area contributed by atoms with E-state index in [2.05, 4.69) is 20.3 Å². The van der Waals surface area contributed by atoms with Gasteiger partial charge in [-0.1, -0.05) is 0 Å². The van der Waals surface area contributed by atoms with Gasteiger partial charge in [0.1, 0.15) is 6.33 Å². The molecule has 0 spiro atoms. The van der Waals surface area contributed by atoms with E-state index in [1.165, 1.54) is 6.33 Å². The lowest BCUT2D eigenvalue weighted by Crippen LogP contribution is -2.31. The molecule has 0 amide bonds. The molecule has 1 N–H and O–H groups in total. The van der Waals surface area contributed by atoms with Gasteiger partial charge in [-0.3, -0.25) is 15.1 Å². The van der Waals surface area contributed by atoms with E-state index in [9.17, 15) is 10.1 Å². The van der Waals surface area contributed by atoms with Gasteiger partial charge in [0.15, 0.2) is 0 Å². The fourth-order valence-electron chi connectivity index (χ4n) is 2.88. The second kappa shape index (κ2) is 7.67. The molecule has 8 nitrogen and oxygen atoms in total. The zero-order chi connectivity index (χ0) is 16.8. The van der Waals surface area contributed by atoms with Gasteiger partial charge in [0.25, 0.3) is 0 Å². The van der Waals surface area contributed by atoms with Crippen LogP contribution in [0.3, 0.4) is 0 Å². The van der Waals surface area contributed by atoms with Gasteiger partial charge in [0.05, 0.1) is 4.92 Å². The molecule has 126 valence electrons. The number of nitrogens with one attached hydrogen (secondary N) is 1. The summed E-state index contributed by atoms with van der Waals surface area (Å²) < 4.78 is 0. The molecule has 24 heavy (non-hydrogen) atoms. The second-order valence-electron chi connectivity index (χ2n) is 5.73. The Hall–Kier alpha value is -2.77. The summed E-state index contributed by atoms with van der Waals surface area (Å²) in [7, 11) is 0. The predicted molar refractivity (Wildman–Crippen MR) is 91.2 cm³/mol. The van der Waals surface area contributed by atoms with Gasteiger partial charge in [-0.2, -0.15) is 0 Å². The number of anilines is 2. The maximum absolute atomic E-state index is 11.6. The van der Waals surface area contributed by atoms with E-state index in [-0.39, 0.29) is 11.5 Å². The molecule has 3 rings (SSSR count). The number of nitro groups is 1. The average molecular weight is 328 g/mol. The standard InChI is InChI=1S/C16H20N6O2/c23-22(24)14-15(18-9-6-13-4-7-17-8-5-13)19-12-20-16(14)21-10-2-1-3-11-21/h4-5,7-8,12H,1-3,6,9-11H2,(H,18,19,20). The van der Waals surface area contributed by atoms with Crippen molar-refractivity contribution in [1.29, 1.82) is 0 Å². The summed E-state index contributed by atoms with van der Waals surface area (Å²) in [5.41, 5.74) is 1.08. The van der Waals surface area contributed by atoms with Gasteiger partial charge >= 0.3 is 5.69 Å². The molecule has 0 saturated carbocycles. The highest BCUT2D eigenvalue weighted by molar-refractivity contribution is 5.70. The van der Waals surface area contributed by atoms with Crippen molar-refractivity contribution in [3.8, 4) is 0 Å². The first-order valence-corrected chi connectivity index (χ1v) is 8.13. The second-order valence-corrected chi connectivity index (χ2v) is 5.73. The summed E-state index contributed by atoms with van der Waals surface area (Å²) in [6, 6.07) is 3.85. The summed E-state index contributed by atoms with van der Waals surface area (Å²) in [5, 5.41) is 14.7. The van der Waals surface area contributed by atoms with Crippen molar-refractivity contribution in [2.24, 2.45) is 0 Å². The lowest BCUT2D eigenvalue weighted by Gasteiger charge is -2.27. The quantitative estimate of drug-likeness (QED) is 0.642. The Kier molecular flexibility index (Phi) is 5.15. The van der Waals surface area contributed by atoms with Crippen LogP contribution in [0.25, 0.3) is 0 Å². The summed E-state index contributed by atoms with van der Waals surface area (Å²) in [6.45, 7) is 2.16. The first kappa shape index (κ1) is 16.1. The molecule has 2 aromatic rings. The molecule has 0 aliphatic carbocycles. The Balaban J connectivity index is 1.75. The van der Waals surface area contributed by atoms with Crippen LogP contribution in [0, 0.1) is 10.1 Å². The molecule has 1 saturated heterocycles. The lowest BCUT2D eigenvalue weighted by molar-refractivity contribution is -0.383. The Labute approximate surface area is 140 Å². The third-order valence-electron chi connectivity index (χ3n) is 4.10. The van der Waals surface area contributed by atoms with Crippen LogP contribution in [0.15, 0.2) is 30.9 Å². The first-order valence-electron chi connectivity index (χ1n) is 8.13. The van der Waals surface area contributed by atoms with Gasteiger partial charge in [0, 0.05) is 32.0 Å². The Bertz CT molecular complexity index is 688. The van der Waals surface area contributed by atoms with Crippen molar-refractivity contribution in [3.05, 3.63) is 46.5 Å². The van der Waals surface area contributed by atoms with Crippen LogP contribution in [-0.2, 0) is 6.42 Å². The molecule has 0 radical (unpaired) electrons. The molecule has 0 unspecified atom stereocenters. The van der Waals surface area contributed by atoms with E-state index < -0.39 is 4.92 Å². The molecule has 0 bridgehead atoms. The highest BCUT2D eigenvalue weighted by Gasteiger charge is 2.27. The summed E-state index contributed by atoms with van der Waals surface area (Å²) in [5.74, 6) is 0.700. The number of hydrogen-bond donors (Lipinski definition) is 1. The summed E-state index contributed by atoms with van der Waals surface area (Å²) >= 11 is 0. The number of hydrogen-bond acceptors (Lipinski definition) is 7. The van der Waals surface area contributed by atoms with Crippen molar-refractivity contribution in [2.75, 3.05) is 29.9 Å². The van der Waals surface area contributed by atoms with E-state index in [4.69, 9.17) is 0 Å². The third kappa shape index (κ3) is 3.76. The van der Waals surface area contributed by atoms with Gasteiger partial charge in [-0.05, 0) is 43.4 Å². The summed E-state index contributed by atoms with van der Waals surface area (Å²) in [4.78, 5) is 25.4. The number of piperidine rings is 1. The topological polar surface area (TPSA) is 97.1 Å². The molecular weight excluding hydrogens is 308 g/mol. The minimum Gasteiger partial charge on any atom is -0.364 e. The fraction of sp³-hybridized carbons (Fsp3) is 0.438. The minimum atomic E-state index is -0.390. The highest BCUT2D eigenvalue weighted by atomic mass is 16.6. The lowest BCUT2D eigenvalue weighted by atomic mass is 10.1. The van der Waals surface area contributed by atoms with E-state index in [0.717, 1.165) is 44.3 Å². The fourth-order valence-corrected chi connectivity index (χ4v) is 2.88. The smallest absolute Gasteiger partial charge is 0.353 e. The van der Waals surface area contributed by atoms with Crippen molar-refractivity contribution < 1.29 is 4.92 Å². The minimum absolute atomic E-state index is 0.0332. The number of aromatic nitrogens is 3. The van der Waals surface area contributed by atoms with Crippen LogP contribution in [0.1, 0.15) is 24.8 Å². The molecule has 1 aliphatic heterocycles. The van der Waals surface area contributed by atoms with Crippen molar-refractivity contribution in [1.82, 2.24) is 15.0 Å². The van der Waals surface area contributed by atoms with E-state index >= 15 is 0 Å². The molecule has 0 atom stereocenters. The summed E-state index contributed by atoms with van der Waals surface area (Å²) in [6.07, 6.45) is 8.83. The number of rotatable bonds is 6. The van der Waals surface area contributed by atoms with Gasteiger partial charge in [-0.15, -0.1) is 0 Å². The molecule has 8 heteroatoms. The zero-order valence-electron chi connectivity index (χ0n) is 13.4. The SMILES string of the molecule is O=[N+]([O-])c1c(NCCc2ccncc2)ncnc1N1CCCCC1. The van der Waals surface area contributed by atoms with Crippen molar-refractivity contribution in [2.45, 2.75) is 25.7 Å². The van der Waals surface area contributed by atoms with Gasteiger partial charge in [-0.25, -0.2) is 9.97 Å². The average Bonchev–Trinajstić information content (AvgIpc) is 2.63. The monoisotopic (exact) mass is 328 g/mol. The number of pyridine rings is 1. The van der Waals surface area contributed by atoms with Crippen LogP contribution in [0.5, 0.6) is 0 Å². The van der Waals surface area contributed by atoms with E-state index in [1.54, 1.807) is 12.4 Å². The highest BCUT2D eigenvalue weighted by Crippen LogP contribution is 2.33. The van der Waals surface area contributed by atoms with E-state index in [0.29, 0.717) is 12.4 Å². The number of nitrogens with zero attached hydrogens (tertiary/aromatic N) is 5. The molecule has 0 aromatic carbocycles. The molecule has 1 aliphatic rings. The van der Waals surface area contributed by atoms with Crippen LogP contribution in [0.4, 0.5) is 17.3 Å². The normalized spacial score (nSPS) is 14.4. The van der Waals surface area contributed by atoms with Crippen LogP contribution in [0.2, 0.25) is 0 Å². The Morgan fingerprint density at radius 2 is 1.92 bits per heavy atom. The first-order chi connectivity index (χ1) is 11.8. The molecule has 3 heterocycles.